The molecule has 0 unspecified atom stereocenters. The second-order valence-electron chi connectivity index (χ2n) is 6.54. The molecule has 0 N–H and O–H groups in total. The quantitative estimate of drug-likeness (QED) is 0.476. The molecule has 3 aromatic rings. The van der Waals surface area contributed by atoms with Crippen LogP contribution in [0.1, 0.15) is 21.5 Å². The number of ether oxygens (including phenoxy) is 1. The number of nitrogens with zero attached hydrogens (tertiary/aromatic N) is 1. The van der Waals surface area contributed by atoms with E-state index in [0.29, 0.717) is 11.4 Å². The molecule has 0 fully saturated rings. The van der Waals surface area contributed by atoms with Crippen LogP contribution in [-0.2, 0) is 10.0 Å². The predicted molar refractivity (Wildman–Crippen MR) is 109 cm³/mol. The number of hydrogen-bond donors (Lipinski definition) is 0. The standard InChI is InChI=1S/C22H21NO4S/c1-16-7-11-19(12-8-16)23(3)28(25,26)21-6-4-5-18(15-21)22(24)27-20-13-9-17(2)10-14-20/h4-15H,1-3H3. The monoisotopic (exact) mass is 395 g/mol. The zero-order valence-electron chi connectivity index (χ0n) is 15.9. The second kappa shape index (κ2) is 7.86. The van der Waals surface area contributed by atoms with E-state index in [1.54, 1.807) is 24.3 Å². The first-order valence-corrected chi connectivity index (χ1v) is 10.2. The van der Waals surface area contributed by atoms with Crippen molar-refractivity contribution in [2.75, 3.05) is 11.4 Å². The molecular weight excluding hydrogens is 374 g/mol. The molecule has 0 atom stereocenters. The Balaban J connectivity index is 1.86. The second-order valence-corrected chi connectivity index (χ2v) is 8.51. The van der Waals surface area contributed by atoms with Gasteiger partial charge in [-0.1, -0.05) is 41.5 Å². The fraction of sp³-hybridized carbons (Fsp3) is 0.136. The number of carbonyl (C=O) groups excluding carboxylic acids is 1. The van der Waals surface area contributed by atoms with Crippen molar-refractivity contribution in [1.82, 2.24) is 0 Å². The molecule has 0 heterocycles. The van der Waals surface area contributed by atoms with Crippen molar-refractivity contribution in [3.8, 4) is 5.75 Å². The first-order valence-electron chi connectivity index (χ1n) is 8.72. The highest BCUT2D eigenvalue weighted by Crippen LogP contribution is 2.23. The summed E-state index contributed by atoms with van der Waals surface area (Å²) in [6.07, 6.45) is 0. The molecule has 3 aromatic carbocycles. The van der Waals surface area contributed by atoms with Crippen LogP contribution in [0.3, 0.4) is 0 Å². The van der Waals surface area contributed by atoms with Crippen LogP contribution in [0.25, 0.3) is 0 Å². The summed E-state index contributed by atoms with van der Waals surface area (Å²) in [5, 5.41) is 0. The molecule has 0 spiro atoms. The van der Waals surface area contributed by atoms with Crippen molar-refractivity contribution in [2.24, 2.45) is 0 Å². The average molecular weight is 395 g/mol. The summed E-state index contributed by atoms with van der Waals surface area (Å²) in [6, 6.07) is 20.1. The lowest BCUT2D eigenvalue weighted by molar-refractivity contribution is 0.0734. The molecule has 0 aliphatic rings. The molecule has 0 saturated heterocycles. The van der Waals surface area contributed by atoms with E-state index in [4.69, 9.17) is 4.74 Å². The van der Waals surface area contributed by atoms with Gasteiger partial charge in [0.05, 0.1) is 16.1 Å². The minimum atomic E-state index is -3.81. The first-order chi connectivity index (χ1) is 13.3. The zero-order valence-corrected chi connectivity index (χ0v) is 16.7. The minimum Gasteiger partial charge on any atom is -0.423 e. The SMILES string of the molecule is Cc1ccc(OC(=O)c2cccc(S(=O)(=O)N(C)c3ccc(C)cc3)c2)cc1. The fourth-order valence-electron chi connectivity index (χ4n) is 2.61. The third-order valence-corrected chi connectivity index (χ3v) is 6.14. The number of esters is 1. The summed E-state index contributed by atoms with van der Waals surface area (Å²) in [5.74, 6) is -0.209. The van der Waals surface area contributed by atoms with Crippen molar-refractivity contribution in [3.63, 3.8) is 0 Å². The Morgan fingerprint density at radius 3 is 2.04 bits per heavy atom. The third kappa shape index (κ3) is 4.23. The number of carbonyl (C=O) groups is 1. The molecule has 0 radical (unpaired) electrons. The summed E-state index contributed by atoms with van der Waals surface area (Å²) < 4.78 is 32.4. The van der Waals surface area contributed by atoms with Gasteiger partial charge < -0.3 is 4.74 Å². The van der Waals surface area contributed by atoms with Crippen molar-refractivity contribution in [2.45, 2.75) is 18.7 Å². The van der Waals surface area contributed by atoms with E-state index in [9.17, 15) is 13.2 Å². The van der Waals surface area contributed by atoms with Gasteiger partial charge in [0.25, 0.3) is 10.0 Å². The molecule has 3 rings (SSSR count). The van der Waals surface area contributed by atoms with Crippen LogP contribution >= 0.6 is 0 Å². The molecule has 0 aromatic heterocycles. The Morgan fingerprint density at radius 2 is 1.43 bits per heavy atom. The third-order valence-electron chi connectivity index (χ3n) is 4.36. The van der Waals surface area contributed by atoms with Crippen LogP contribution in [0.15, 0.2) is 77.7 Å². The van der Waals surface area contributed by atoms with Crippen LogP contribution in [0, 0.1) is 13.8 Å². The Hall–Kier alpha value is -3.12. The van der Waals surface area contributed by atoms with Gasteiger partial charge in [-0.05, 0) is 56.3 Å². The molecule has 6 heteroatoms. The van der Waals surface area contributed by atoms with E-state index in [-0.39, 0.29) is 10.5 Å². The van der Waals surface area contributed by atoms with E-state index < -0.39 is 16.0 Å². The van der Waals surface area contributed by atoms with Crippen molar-refractivity contribution < 1.29 is 17.9 Å². The van der Waals surface area contributed by atoms with E-state index >= 15 is 0 Å². The van der Waals surface area contributed by atoms with Gasteiger partial charge in [-0.3, -0.25) is 4.31 Å². The van der Waals surface area contributed by atoms with E-state index in [1.165, 1.54) is 35.6 Å². The summed E-state index contributed by atoms with van der Waals surface area (Å²) >= 11 is 0. The Labute approximate surface area is 165 Å². The lowest BCUT2D eigenvalue weighted by Crippen LogP contribution is -2.26. The van der Waals surface area contributed by atoms with Crippen LogP contribution in [0.2, 0.25) is 0 Å². The summed E-state index contributed by atoms with van der Waals surface area (Å²) in [7, 11) is -2.33. The van der Waals surface area contributed by atoms with E-state index in [0.717, 1.165) is 11.1 Å². The number of hydrogen-bond acceptors (Lipinski definition) is 4. The highest BCUT2D eigenvalue weighted by Gasteiger charge is 2.23. The Kier molecular flexibility index (Phi) is 5.51. The van der Waals surface area contributed by atoms with Crippen molar-refractivity contribution in [3.05, 3.63) is 89.5 Å². The fourth-order valence-corrected chi connectivity index (χ4v) is 3.85. The van der Waals surface area contributed by atoms with Gasteiger partial charge in [0.1, 0.15) is 5.75 Å². The van der Waals surface area contributed by atoms with E-state index in [2.05, 4.69) is 0 Å². The van der Waals surface area contributed by atoms with Crippen LogP contribution in [0.4, 0.5) is 5.69 Å². The normalized spacial score (nSPS) is 11.1. The molecule has 0 aliphatic heterocycles. The number of anilines is 1. The molecule has 0 bridgehead atoms. The lowest BCUT2D eigenvalue weighted by Gasteiger charge is -2.20. The predicted octanol–water partition coefficient (Wildman–Crippen LogP) is 4.35. The van der Waals surface area contributed by atoms with E-state index in [1.807, 2.05) is 38.1 Å². The molecule has 144 valence electrons. The van der Waals surface area contributed by atoms with Crippen LogP contribution in [-0.4, -0.2) is 21.4 Å². The van der Waals surface area contributed by atoms with Crippen molar-refractivity contribution >= 4 is 21.7 Å². The van der Waals surface area contributed by atoms with Gasteiger partial charge in [0.2, 0.25) is 0 Å². The van der Waals surface area contributed by atoms with Crippen molar-refractivity contribution in [1.29, 1.82) is 0 Å². The van der Waals surface area contributed by atoms with Gasteiger partial charge >= 0.3 is 5.97 Å². The first kappa shape index (κ1) is 19.6. The highest BCUT2D eigenvalue weighted by molar-refractivity contribution is 7.92. The number of sulfonamides is 1. The molecule has 0 saturated carbocycles. The Morgan fingerprint density at radius 1 is 0.857 bits per heavy atom. The van der Waals surface area contributed by atoms with Crippen LogP contribution in [0.5, 0.6) is 5.75 Å². The molecular formula is C22H21NO4S. The van der Waals surface area contributed by atoms with Gasteiger partial charge in [-0.25, -0.2) is 13.2 Å². The molecule has 0 aliphatic carbocycles. The number of rotatable bonds is 5. The Bertz CT molecular complexity index is 1090. The average Bonchev–Trinajstić information content (AvgIpc) is 2.70. The summed E-state index contributed by atoms with van der Waals surface area (Å²) in [5.41, 5.74) is 2.79. The van der Waals surface area contributed by atoms with Gasteiger partial charge in [-0.2, -0.15) is 0 Å². The maximum absolute atomic E-state index is 13.0. The zero-order chi connectivity index (χ0) is 20.3. The summed E-state index contributed by atoms with van der Waals surface area (Å²) in [4.78, 5) is 12.4. The number of benzene rings is 3. The summed E-state index contributed by atoms with van der Waals surface area (Å²) in [6.45, 7) is 3.87. The largest absolute Gasteiger partial charge is 0.423 e. The smallest absolute Gasteiger partial charge is 0.343 e. The molecule has 5 nitrogen and oxygen atoms in total. The molecule has 28 heavy (non-hydrogen) atoms. The maximum Gasteiger partial charge on any atom is 0.343 e. The van der Waals surface area contributed by atoms with Crippen LogP contribution < -0.4 is 9.04 Å². The van der Waals surface area contributed by atoms with Gasteiger partial charge in [0, 0.05) is 7.05 Å². The maximum atomic E-state index is 13.0. The number of aryl methyl sites for hydroxylation is 2. The lowest BCUT2D eigenvalue weighted by atomic mass is 10.2. The van der Waals surface area contributed by atoms with Gasteiger partial charge in [-0.15, -0.1) is 0 Å². The highest BCUT2D eigenvalue weighted by atomic mass is 32.2. The topological polar surface area (TPSA) is 63.7 Å². The minimum absolute atomic E-state index is 0.0222. The van der Waals surface area contributed by atoms with Gasteiger partial charge in [0.15, 0.2) is 0 Å². The molecule has 0 amide bonds.